The van der Waals surface area contributed by atoms with Gasteiger partial charge in [0.05, 0.1) is 12.1 Å². The van der Waals surface area contributed by atoms with Crippen molar-refractivity contribution in [3.05, 3.63) is 60.2 Å². The van der Waals surface area contributed by atoms with E-state index in [9.17, 15) is 9.90 Å². The van der Waals surface area contributed by atoms with Crippen molar-refractivity contribution in [3.8, 4) is 5.75 Å². The van der Waals surface area contributed by atoms with E-state index in [1.165, 1.54) is 4.90 Å². The lowest BCUT2D eigenvalue weighted by Gasteiger charge is -2.25. The Morgan fingerprint density at radius 2 is 1.75 bits per heavy atom. The molecule has 2 rings (SSSR count). The number of hydrogen-bond donors (Lipinski definition) is 2. The molecule has 0 saturated heterocycles. The second kappa shape index (κ2) is 7.84. The Balaban J connectivity index is 1.86. The molecule has 5 nitrogen and oxygen atoms in total. The molecule has 2 aromatic carbocycles. The van der Waals surface area contributed by atoms with Crippen LogP contribution in [0.5, 0.6) is 5.75 Å². The van der Waals surface area contributed by atoms with Crippen molar-refractivity contribution in [3.63, 3.8) is 0 Å². The van der Waals surface area contributed by atoms with E-state index in [1.807, 2.05) is 54.6 Å². The zero-order chi connectivity index (χ0) is 17.6. The van der Waals surface area contributed by atoms with Crippen molar-refractivity contribution in [2.75, 3.05) is 18.9 Å². The number of para-hydroxylation sites is 1. The van der Waals surface area contributed by atoms with Gasteiger partial charge in [0.2, 0.25) is 0 Å². The molecular formula is C19H24N2O3. The van der Waals surface area contributed by atoms with Gasteiger partial charge in [-0.3, -0.25) is 0 Å². The lowest BCUT2D eigenvalue weighted by Crippen LogP contribution is -2.41. The molecule has 0 aliphatic rings. The number of carbonyl (C=O) groups excluding carboxylic acids is 1. The van der Waals surface area contributed by atoms with Crippen molar-refractivity contribution in [1.29, 1.82) is 0 Å². The normalized spacial score (nSPS) is 11.0. The first-order chi connectivity index (χ1) is 11.3. The van der Waals surface area contributed by atoms with E-state index in [4.69, 9.17) is 4.74 Å². The fourth-order valence-electron chi connectivity index (χ4n) is 2.24. The van der Waals surface area contributed by atoms with Gasteiger partial charge in [0, 0.05) is 12.7 Å². The topological polar surface area (TPSA) is 61.8 Å². The molecule has 128 valence electrons. The van der Waals surface area contributed by atoms with E-state index in [1.54, 1.807) is 20.9 Å². The molecule has 2 aromatic rings. The maximum Gasteiger partial charge on any atom is 0.321 e. The monoisotopic (exact) mass is 328 g/mol. The van der Waals surface area contributed by atoms with Crippen molar-refractivity contribution < 1.29 is 14.6 Å². The van der Waals surface area contributed by atoms with Gasteiger partial charge in [-0.2, -0.15) is 0 Å². The Labute approximate surface area is 142 Å². The average Bonchev–Trinajstić information content (AvgIpc) is 2.53. The predicted molar refractivity (Wildman–Crippen MR) is 95.2 cm³/mol. The van der Waals surface area contributed by atoms with Gasteiger partial charge in [-0.1, -0.05) is 30.3 Å². The highest BCUT2D eigenvalue weighted by atomic mass is 16.5. The third-order valence-corrected chi connectivity index (χ3v) is 3.32. The number of nitrogens with one attached hydrogen (secondary N) is 1. The highest BCUT2D eigenvalue weighted by molar-refractivity contribution is 5.89. The molecule has 0 radical (unpaired) electrons. The average molecular weight is 328 g/mol. The summed E-state index contributed by atoms with van der Waals surface area (Å²) in [6, 6.07) is 16.9. The van der Waals surface area contributed by atoms with Gasteiger partial charge in [0.1, 0.15) is 12.4 Å². The molecule has 0 saturated carbocycles. The maximum atomic E-state index is 12.1. The van der Waals surface area contributed by atoms with Crippen molar-refractivity contribution >= 4 is 11.7 Å². The second-order valence-corrected chi connectivity index (χ2v) is 6.40. The van der Waals surface area contributed by atoms with Gasteiger partial charge in [-0.15, -0.1) is 0 Å². The molecule has 0 spiro atoms. The minimum absolute atomic E-state index is 0.252. The Morgan fingerprint density at radius 1 is 1.12 bits per heavy atom. The van der Waals surface area contributed by atoms with E-state index in [2.05, 4.69) is 5.32 Å². The number of rotatable bonds is 6. The van der Waals surface area contributed by atoms with Gasteiger partial charge in [0.15, 0.2) is 0 Å². The van der Waals surface area contributed by atoms with E-state index >= 15 is 0 Å². The van der Waals surface area contributed by atoms with E-state index < -0.39 is 5.60 Å². The van der Waals surface area contributed by atoms with Crippen molar-refractivity contribution in [1.82, 2.24) is 4.90 Å². The fraction of sp³-hybridized carbons (Fsp3) is 0.316. The molecule has 0 heterocycles. The number of benzene rings is 2. The zero-order valence-corrected chi connectivity index (χ0v) is 14.3. The highest BCUT2D eigenvalue weighted by Crippen LogP contribution is 2.14. The van der Waals surface area contributed by atoms with Gasteiger partial charge in [0.25, 0.3) is 0 Å². The van der Waals surface area contributed by atoms with Gasteiger partial charge in [-0.05, 0) is 43.7 Å². The van der Waals surface area contributed by atoms with Crippen LogP contribution in [-0.2, 0) is 6.61 Å². The minimum atomic E-state index is -0.926. The van der Waals surface area contributed by atoms with E-state index in [-0.39, 0.29) is 12.6 Å². The van der Waals surface area contributed by atoms with Crippen LogP contribution in [0.3, 0.4) is 0 Å². The van der Waals surface area contributed by atoms with Gasteiger partial charge >= 0.3 is 6.03 Å². The standard InChI is InChI=1S/C19H24N2O3/c1-19(2,23)14-21(3)18(22)20-16-11-9-15(10-12-16)13-24-17-7-5-4-6-8-17/h4-12,23H,13-14H2,1-3H3,(H,20,22). The Morgan fingerprint density at radius 3 is 2.33 bits per heavy atom. The Bertz CT molecular complexity index is 649. The Kier molecular flexibility index (Phi) is 5.82. The van der Waals surface area contributed by atoms with Crippen LogP contribution in [0.1, 0.15) is 19.4 Å². The van der Waals surface area contributed by atoms with Crippen LogP contribution >= 0.6 is 0 Å². The first-order valence-electron chi connectivity index (χ1n) is 7.85. The number of anilines is 1. The first kappa shape index (κ1) is 17.8. The number of hydrogen-bond acceptors (Lipinski definition) is 3. The fourth-order valence-corrected chi connectivity index (χ4v) is 2.24. The number of urea groups is 1. The van der Waals surface area contributed by atoms with Crippen LogP contribution in [-0.4, -0.2) is 35.2 Å². The zero-order valence-electron chi connectivity index (χ0n) is 14.3. The largest absolute Gasteiger partial charge is 0.489 e. The summed E-state index contributed by atoms with van der Waals surface area (Å²) in [5.74, 6) is 0.822. The molecule has 2 N–H and O–H groups in total. The van der Waals surface area contributed by atoms with Gasteiger partial charge < -0.3 is 20.1 Å². The predicted octanol–water partition coefficient (Wildman–Crippen LogP) is 3.50. The number of amides is 2. The summed E-state index contributed by atoms with van der Waals surface area (Å²) in [6.45, 7) is 4.05. The third-order valence-electron chi connectivity index (χ3n) is 3.32. The van der Waals surface area contributed by atoms with Crippen LogP contribution in [0, 0.1) is 0 Å². The van der Waals surface area contributed by atoms with E-state index in [0.717, 1.165) is 11.3 Å². The molecule has 0 atom stereocenters. The molecule has 0 aliphatic heterocycles. The maximum absolute atomic E-state index is 12.1. The number of likely N-dealkylation sites (N-methyl/N-ethyl adjacent to an activating group) is 1. The summed E-state index contributed by atoms with van der Waals surface area (Å²) in [7, 11) is 1.65. The van der Waals surface area contributed by atoms with Crippen LogP contribution in [0.2, 0.25) is 0 Å². The molecule has 5 heteroatoms. The SMILES string of the molecule is CN(CC(C)(C)O)C(=O)Nc1ccc(COc2ccccc2)cc1. The molecule has 0 aromatic heterocycles. The van der Waals surface area contributed by atoms with Crippen LogP contribution < -0.4 is 10.1 Å². The molecule has 0 aliphatic carbocycles. The summed E-state index contributed by atoms with van der Waals surface area (Å²) < 4.78 is 5.68. The summed E-state index contributed by atoms with van der Waals surface area (Å²) in [6.07, 6.45) is 0. The molecule has 2 amide bonds. The molecule has 24 heavy (non-hydrogen) atoms. The molecule has 0 unspecified atom stereocenters. The Hall–Kier alpha value is -2.53. The quantitative estimate of drug-likeness (QED) is 0.853. The van der Waals surface area contributed by atoms with Crippen molar-refractivity contribution in [2.24, 2.45) is 0 Å². The van der Waals surface area contributed by atoms with Crippen LogP contribution in [0.4, 0.5) is 10.5 Å². The highest BCUT2D eigenvalue weighted by Gasteiger charge is 2.19. The third kappa shape index (κ3) is 5.93. The number of aliphatic hydroxyl groups is 1. The molecular weight excluding hydrogens is 304 g/mol. The lowest BCUT2D eigenvalue weighted by molar-refractivity contribution is 0.0550. The van der Waals surface area contributed by atoms with Crippen LogP contribution in [0.15, 0.2) is 54.6 Å². The van der Waals surface area contributed by atoms with Gasteiger partial charge in [-0.25, -0.2) is 4.79 Å². The van der Waals surface area contributed by atoms with Crippen molar-refractivity contribution in [2.45, 2.75) is 26.1 Å². The van der Waals surface area contributed by atoms with E-state index in [0.29, 0.717) is 12.3 Å². The summed E-state index contributed by atoms with van der Waals surface area (Å²) >= 11 is 0. The summed E-state index contributed by atoms with van der Waals surface area (Å²) in [5.41, 5.74) is 0.790. The minimum Gasteiger partial charge on any atom is -0.489 e. The molecule has 0 bridgehead atoms. The summed E-state index contributed by atoms with van der Waals surface area (Å²) in [4.78, 5) is 13.5. The number of nitrogens with zero attached hydrogens (tertiary/aromatic N) is 1. The number of ether oxygens (including phenoxy) is 1. The molecule has 0 fully saturated rings. The first-order valence-corrected chi connectivity index (χ1v) is 7.85. The van der Waals surface area contributed by atoms with Crippen LogP contribution in [0.25, 0.3) is 0 Å². The smallest absolute Gasteiger partial charge is 0.321 e. The summed E-state index contributed by atoms with van der Waals surface area (Å²) in [5, 5.41) is 12.6. The second-order valence-electron chi connectivity index (χ2n) is 6.40. The lowest BCUT2D eigenvalue weighted by atomic mass is 10.1. The number of carbonyl (C=O) groups is 1.